The van der Waals surface area contributed by atoms with E-state index in [1.807, 2.05) is 48.5 Å². The topological polar surface area (TPSA) is 41.1 Å². The molecule has 0 saturated carbocycles. The minimum absolute atomic E-state index is 0.0284. The van der Waals surface area contributed by atoms with Crippen LogP contribution in [0.15, 0.2) is 54.6 Å². The molecule has 3 nitrogen and oxygen atoms in total. The number of para-hydroxylation sites is 2. The number of carbonyl (C=O) groups excluding carboxylic acids is 1. The molecule has 1 atom stereocenters. The maximum absolute atomic E-state index is 12.2. The lowest BCUT2D eigenvalue weighted by molar-refractivity contribution is -0.117. The van der Waals surface area contributed by atoms with Crippen molar-refractivity contribution < 1.29 is 4.79 Å². The van der Waals surface area contributed by atoms with Crippen molar-refractivity contribution in [1.29, 1.82) is 0 Å². The predicted molar refractivity (Wildman–Crippen MR) is 77.2 cm³/mol. The molecule has 0 spiro atoms. The van der Waals surface area contributed by atoms with Gasteiger partial charge in [0.25, 0.3) is 0 Å². The summed E-state index contributed by atoms with van der Waals surface area (Å²) in [5.74, 6) is 0.0284. The number of aryl methyl sites for hydroxylation is 1. The number of hydrogen-bond acceptors (Lipinski definition) is 2. The lowest BCUT2D eigenvalue weighted by Crippen LogP contribution is -2.37. The number of nitrogens with one attached hydrogen (secondary N) is 2. The van der Waals surface area contributed by atoms with Crippen molar-refractivity contribution in [2.75, 3.05) is 10.6 Å². The molecule has 2 aromatic carbocycles. The van der Waals surface area contributed by atoms with Crippen LogP contribution >= 0.6 is 0 Å². The molecule has 0 saturated heterocycles. The minimum atomic E-state index is -0.157. The minimum Gasteiger partial charge on any atom is -0.373 e. The molecule has 0 bridgehead atoms. The number of benzene rings is 2. The highest BCUT2D eigenvalue weighted by Gasteiger charge is 2.23. The van der Waals surface area contributed by atoms with Crippen molar-refractivity contribution in [2.24, 2.45) is 0 Å². The van der Waals surface area contributed by atoms with Crippen molar-refractivity contribution in [3.8, 4) is 0 Å². The van der Waals surface area contributed by atoms with Crippen LogP contribution in [0, 0.1) is 0 Å². The van der Waals surface area contributed by atoms with Gasteiger partial charge in [0.05, 0.1) is 0 Å². The average molecular weight is 252 g/mol. The zero-order chi connectivity index (χ0) is 13.1. The summed E-state index contributed by atoms with van der Waals surface area (Å²) in [5.41, 5.74) is 3.20. The summed E-state index contributed by atoms with van der Waals surface area (Å²) >= 11 is 0. The third kappa shape index (κ3) is 2.60. The second-order valence-electron chi connectivity index (χ2n) is 4.75. The van der Waals surface area contributed by atoms with Gasteiger partial charge in [-0.2, -0.15) is 0 Å². The second kappa shape index (κ2) is 5.14. The Hall–Kier alpha value is -2.29. The summed E-state index contributed by atoms with van der Waals surface area (Å²) < 4.78 is 0. The van der Waals surface area contributed by atoms with Crippen LogP contribution in [0.5, 0.6) is 0 Å². The molecule has 0 fully saturated rings. The molecule has 1 aliphatic rings. The standard InChI is InChI=1S/C16H16N2O/c19-16(17-13-7-2-1-3-8-13)15-11-10-12-6-4-5-9-14(12)18-15/h1-9,15,18H,10-11H2,(H,17,19)/t15-/m0/s1. The van der Waals surface area contributed by atoms with Gasteiger partial charge in [-0.15, -0.1) is 0 Å². The first-order valence-corrected chi connectivity index (χ1v) is 6.53. The van der Waals surface area contributed by atoms with E-state index < -0.39 is 0 Å². The first kappa shape index (κ1) is 11.8. The smallest absolute Gasteiger partial charge is 0.246 e. The van der Waals surface area contributed by atoms with Gasteiger partial charge >= 0.3 is 0 Å². The number of anilines is 2. The first-order chi connectivity index (χ1) is 9.33. The summed E-state index contributed by atoms with van der Waals surface area (Å²) in [7, 11) is 0. The van der Waals surface area contributed by atoms with Gasteiger partial charge in [0.2, 0.25) is 5.91 Å². The van der Waals surface area contributed by atoms with Gasteiger partial charge in [-0.1, -0.05) is 36.4 Å². The molecule has 1 aliphatic heterocycles. The third-order valence-electron chi connectivity index (χ3n) is 3.41. The van der Waals surface area contributed by atoms with Crippen molar-refractivity contribution in [3.05, 3.63) is 60.2 Å². The Morgan fingerprint density at radius 1 is 1.05 bits per heavy atom. The van der Waals surface area contributed by atoms with Gasteiger partial charge in [0.1, 0.15) is 6.04 Å². The fourth-order valence-corrected chi connectivity index (χ4v) is 2.39. The molecule has 0 aromatic heterocycles. The van der Waals surface area contributed by atoms with Crippen LogP contribution in [0.4, 0.5) is 11.4 Å². The Morgan fingerprint density at radius 2 is 1.79 bits per heavy atom. The number of rotatable bonds is 2. The second-order valence-corrected chi connectivity index (χ2v) is 4.75. The predicted octanol–water partition coefficient (Wildman–Crippen LogP) is 3.05. The molecule has 2 N–H and O–H groups in total. The molecule has 96 valence electrons. The fourth-order valence-electron chi connectivity index (χ4n) is 2.39. The highest BCUT2D eigenvalue weighted by Crippen LogP contribution is 2.24. The van der Waals surface area contributed by atoms with Crippen molar-refractivity contribution in [3.63, 3.8) is 0 Å². The van der Waals surface area contributed by atoms with E-state index in [4.69, 9.17) is 0 Å². The summed E-state index contributed by atoms with van der Waals surface area (Å²) in [6.45, 7) is 0. The molecule has 0 radical (unpaired) electrons. The number of amides is 1. The molecule has 3 heteroatoms. The quantitative estimate of drug-likeness (QED) is 0.862. The zero-order valence-electron chi connectivity index (χ0n) is 10.6. The molecule has 1 amide bonds. The maximum atomic E-state index is 12.2. The largest absolute Gasteiger partial charge is 0.373 e. The Bertz CT molecular complexity index is 580. The van der Waals surface area contributed by atoms with Gasteiger partial charge in [-0.25, -0.2) is 0 Å². The normalized spacial score (nSPS) is 17.2. The Morgan fingerprint density at radius 3 is 2.63 bits per heavy atom. The summed E-state index contributed by atoms with van der Waals surface area (Å²) in [4.78, 5) is 12.2. The van der Waals surface area contributed by atoms with E-state index in [-0.39, 0.29) is 11.9 Å². The first-order valence-electron chi connectivity index (χ1n) is 6.53. The van der Waals surface area contributed by atoms with Gasteiger partial charge in [-0.3, -0.25) is 4.79 Å². The maximum Gasteiger partial charge on any atom is 0.246 e. The molecular formula is C16H16N2O. The lowest BCUT2D eigenvalue weighted by atomic mass is 9.97. The van der Waals surface area contributed by atoms with Crippen LogP contribution < -0.4 is 10.6 Å². The van der Waals surface area contributed by atoms with E-state index in [1.165, 1.54) is 5.56 Å². The monoisotopic (exact) mass is 252 g/mol. The molecule has 0 unspecified atom stereocenters. The molecule has 0 aliphatic carbocycles. The molecular weight excluding hydrogens is 236 g/mol. The molecule has 2 aromatic rings. The van der Waals surface area contributed by atoms with Gasteiger partial charge in [0, 0.05) is 11.4 Å². The molecule has 1 heterocycles. The number of hydrogen-bond donors (Lipinski definition) is 2. The van der Waals surface area contributed by atoms with E-state index in [0.29, 0.717) is 0 Å². The van der Waals surface area contributed by atoms with Crippen LogP contribution in [-0.4, -0.2) is 11.9 Å². The van der Waals surface area contributed by atoms with E-state index in [9.17, 15) is 4.79 Å². The van der Waals surface area contributed by atoms with E-state index in [1.54, 1.807) is 0 Å². The van der Waals surface area contributed by atoms with Gasteiger partial charge < -0.3 is 10.6 Å². The van der Waals surface area contributed by atoms with Gasteiger partial charge in [0.15, 0.2) is 0 Å². The highest BCUT2D eigenvalue weighted by molar-refractivity contribution is 5.97. The van der Waals surface area contributed by atoms with E-state index in [2.05, 4.69) is 16.7 Å². The Labute approximate surface area is 112 Å². The Kier molecular flexibility index (Phi) is 3.19. The summed E-state index contributed by atoms with van der Waals surface area (Å²) in [6.07, 6.45) is 1.77. The van der Waals surface area contributed by atoms with E-state index >= 15 is 0 Å². The number of fused-ring (bicyclic) bond motifs is 1. The summed E-state index contributed by atoms with van der Waals surface area (Å²) in [6, 6.07) is 17.6. The van der Waals surface area contributed by atoms with E-state index in [0.717, 1.165) is 24.2 Å². The van der Waals surface area contributed by atoms with Crippen molar-refractivity contribution in [1.82, 2.24) is 0 Å². The van der Waals surface area contributed by atoms with Crippen LogP contribution in [0.2, 0.25) is 0 Å². The Balaban J connectivity index is 1.70. The van der Waals surface area contributed by atoms with Crippen LogP contribution in [0.3, 0.4) is 0 Å². The lowest BCUT2D eigenvalue weighted by Gasteiger charge is -2.26. The van der Waals surface area contributed by atoms with Crippen molar-refractivity contribution in [2.45, 2.75) is 18.9 Å². The van der Waals surface area contributed by atoms with Gasteiger partial charge in [-0.05, 0) is 36.6 Å². The molecule has 19 heavy (non-hydrogen) atoms. The summed E-state index contributed by atoms with van der Waals surface area (Å²) in [5, 5.41) is 6.25. The number of carbonyl (C=O) groups is 1. The fraction of sp³-hybridized carbons (Fsp3) is 0.188. The van der Waals surface area contributed by atoms with Crippen LogP contribution in [-0.2, 0) is 11.2 Å². The van der Waals surface area contributed by atoms with Crippen molar-refractivity contribution >= 4 is 17.3 Å². The zero-order valence-corrected chi connectivity index (χ0v) is 10.6. The average Bonchev–Trinajstić information content (AvgIpc) is 2.48. The molecule has 3 rings (SSSR count). The SMILES string of the molecule is O=C(Nc1ccccc1)[C@@H]1CCc2ccccc2N1. The van der Waals surface area contributed by atoms with Crippen LogP contribution in [0.1, 0.15) is 12.0 Å². The third-order valence-corrected chi connectivity index (χ3v) is 3.41. The van der Waals surface area contributed by atoms with Crippen LogP contribution in [0.25, 0.3) is 0 Å². The highest BCUT2D eigenvalue weighted by atomic mass is 16.2.